The van der Waals surface area contributed by atoms with E-state index in [-0.39, 0.29) is 29.9 Å². The zero-order valence-electron chi connectivity index (χ0n) is 14.1. The molecule has 0 saturated carbocycles. The lowest BCUT2D eigenvalue weighted by molar-refractivity contribution is -0.137. The van der Waals surface area contributed by atoms with Gasteiger partial charge in [0.2, 0.25) is 0 Å². The van der Waals surface area contributed by atoms with Crippen LogP contribution >= 0.6 is 0 Å². The van der Waals surface area contributed by atoms with Crippen molar-refractivity contribution >= 4 is 23.1 Å². The number of para-hydroxylation sites is 1. The van der Waals surface area contributed by atoms with E-state index in [0.717, 1.165) is 30.3 Å². The van der Waals surface area contributed by atoms with Crippen LogP contribution in [0.15, 0.2) is 36.1 Å². The molecule has 4 heterocycles. The number of ether oxygens (including phenoxy) is 1. The van der Waals surface area contributed by atoms with Gasteiger partial charge >= 0.3 is 0 Å². The van der Waals surface area contributed by atoms with Crippen molar-refractivity contribution in [3.8, 4) is 0 Å². The monoisotopic (exact) mass is 336 g/mol. The van der Waals surface area contributed by atoms with Gasteiger partial charge in [-0.25, -0.2) is 0 Å². The number of fused-ring (bicyclic) bond motifs is 6. The minimum atomic E-state index is -0.263. The second-order valence-electron chi connectivity index (χ2n) is 7.30. The molecule has 0 unspecified atom stereocenters. The zero-order chi connectivity index (χ0) is 17.1. The van der Waals surface area contributed by atoms with Crippen molar-refractivity contribution in [2.45, 2.75) is 31.9 Å². The first-order chi connectivity index (χ1) is 12.2. The van der Waals surface area contributed by atoms with Crippen molar-refractivity contribution in [2.24, 2.45) is 11.8 Å². The molecule has 5 nitrogen and oxygen atoms in total. The summed E-state index contributed by atoms with van der Waals surface area (Å²) in [5, 5.41) is 1.25. The van der Waals surface area contributed by atoms with Gasteiger partial charge in [0.25, 0.3) is 5.91 Å². The highest BCUT2D eigenvalue weighted by atomic mass is 16.5. The Bertz CT molecular complexity index is 913. The molecule has 3 aliphatic heterocycles. The third kappa shape index (κ3) is 1.95. The molecule has 1 fully saturated rings. The van der Waals surface area contributed by atoms with E-state index in [1.165, 1.54) is 10.9 Å². The number of amides is 1. The first kappa shape index (κ1) is 14.8. The van der Waals surface area contributed by atoms with Gasteiger partial charge in [0.1, 0.15) is 12.4 Å². The lowest BCUT2D eigenvalue weighted by Crippen LogP contribution is -2.50. The number of nitrogens with one attached hydrogen (secondary N) is 1. The molecule has 25 heavy (non-hydrogen) atoms. The number of aromatic nitrogens is 1. The van der Waals surface area contributed by atoms with Crippen LogP contribution in [0.4, 0.5) is 0 Å². The van der Waals surface area contributed by atoms with Crippen LogP contribution in [0.2, 0.25) is 0 Å². The summed E-state index contributed by atoms with van der Waals surface area (Å²) < 4.78 is 5.57. The van der Waals surface area contributed by atoms with Crippen LogP contribution in [0, 0.1) is 11.8 Å². The van der Waals surface area contributed by atoms with Crippen molar-refractivity contribution in [3.05, 3.63) is 47.4 Å². The second kappa shape index (κ2) is 5.22. The molecule has 128 valence electrons. The Hall–Kier alpha value is -2.56. The Morgan fingerprint density at radius 2 is 2.16 bits per heavy atom. The minimum absolute atomic E-state index is 0.0125. The van der Waals surface area contributed by atoms with Gasteiger partial charge in [0.05, 0.1) is 23.8 Å². The van der Waals surface area contributed by atoms with Crippen molar-refractivity contribution in [3.63, 3.8) is 0 Å². The van der Waals surface area contributed by atoms with Crippen molar-refractivity contribution < 1.29 is 14.3 Å². The standard InChI is InChI=1S/C20H20N2O3/c1-11-15(9-23)14-8-18-19-13(12-4-2-3-5-17(12)21-19)6-7-22(18)20(24)16(14)10-25-11/h2-5,9-11,14-15,18,21H,6-8H2,1H3/t11-,14+,15-,18+/m1/s1. The van der Waals surface area contributed by atoms with E-state index >= 15 is 0 Å². The summed E-state index contributed by atoms with van der Waals surface area (Å²) in [4.78, 5) is 30.2. The maximum atomic E-state index is 13.0. The maximum absolute atomic E-state index is 13.0. The number of carbonyl (C=O) groups excluding carboxylic acids is 2. The van der Waals surface area contributed by atoms with Gasteiger partial charge in [-0.15, -0.1) is 0 Å². The van der Waals surface area contributed by atoms with Crippen LogP contribution in [0.1, 0.15) is 30.6 Å². The molecule has 1 amide bonds. The maximum Gasteiger partial charge on any atom is 0.253 e. The molecule has 5 heteroatoms. The van der Waals surface area contributed by atoms with Crippen LogP contribution in [0.5, 0.6) is 0 Å². The highest BCUT2D eigenvalue weighted by Crippen LogP contribution is 2.47. The highest BCUT2D eigenvalue weighted by molar-refractivity contribution is 5.96. The van der Waals surface area contributed by atoms with Crippen LogP contribution in [0.3, 0.4) is 0 Å². The Morgan fingerprint density at radius 1 is 1.32 bits per heavy atom. The second-order valence-corrected chi connectivity index (χ2v) is 7.30. The first-order valence-corrected chi connectivity index (χ1v) is 8.90. The van der Waals surface area contributed by atoms with Crippen molar-refractivity contribution in [1.82, 2.24) is 9.88 Å². The van der Waals surface area contributed by atoms with E-state index in [1.54, 1.807) is 6.26 Å². The summed E-state index contributed by atoms with van der Waals surface area (Å²) in [7, 11) is 0. The third-order valence-corrected chi connectivity index (χ3v) is 6.12. The smallest absolute Gasteiger partial charge is 0.253 e. The van der Waals surface area contributed by atoms with Crippen LogP contribution in [-0.4, -0.2) is 34.7 Å². The van der Waals surface area contributed by atoms with Crippen LogP contribution in [0.25, 0.3) is 10.9 Å². The fraction of sp³-hybridized carbons (Fsp3) is 0.400. The van der Waals surface area contributed by atoms with Gasteiger partial charge in [-0.1, -0.05) is 18.2 Å². The molecule has 0 bridgehead atoms. The van der Waals surface area contributed by atoms with Crippen LogP contribution < -0.4 is 0 Å². The summed E-state index contributed by atoms with van der Waals surface area (Å²) in [6.45, 7) is 2.61. The molecule has 1 N–H and O–H groups in total. The predicted octanol–water partition coefficient (Wildman–Crippen LogP) is 2.73. The molecule has 0 spiro atoms. The lowest BCUT2D eigenvalue weighted by atomic mass is 9.73. The molecular formula is C20H20N2O3. The summed E-state index contributed by atoms with van der Waals surface area (Å²) in [5.41, 5.74) is 4.24. The molecule has 3 aliphatic rings. The van der Waals surface area contributed by atoms with Gasteiger partial charge in [0, 0.05) is 29.1 Å². The number of aromatic amines is 1. The van der Waals surface area contributed by atoms with Gasteiger partial charge < -0.3 is 19.4 Å². The first-order valence-electron chi connectivity index (χ1n) is 8.90. The number of hydrogen-bond donors (Lipinski definition) is 1. The van der Waals surface area contributed by atoms with E-state index < -0.39 is 0 Å². The van der Waals surface area contributed by atoms with Gasteiger partial charge in [-0.3, -0.25) is 4.79 Å². The number of aldehydes is 1. The average molecular weight is 336 g/mol. The molecule has 0 aliphatic carbocycles. The number of H-pyrrole nitrogens is 1. The fourth-order valence-corrected chi connectivity index (χ4v) is 4.80. The predicted molar refractivity (Wildman–Crippen MR) is 92.7 cm³/mol. The quantitative estimate of drug-likeness (QED) is 0.815. The van der Waals surface area contributed by atoms with Crippen molar-refractivity contribution in [2.75, 3.05) is 6.54 Å². The van der Waals surface area contributed by atoms with Gasteiger partial charge in [-0.2, -0.15) is 0 Å². The van der Waals surface area contributed by atoms with Crippen molar-refractivity contribution in [1.29, 1.82) is 0 Å². The minimum Gasteiger partial charge on any atom is -0.497 e. The Labute approximate surface area is 145 Å². The molecular weight excluding hydrogens is 316 g/mol. The summed E-state index contributed by atoms with van der Waals surface area (Å²) >= 11 is 0. The number of nitrogens with zero attached hydrogens (tertiary/aromatic N) is 1. The largest absolute Gasteiger partial charge is 0.497 e. The normalized spacial score (nSPS) is 30.8. The lowest BCUT2D eigenvalue weighted by Gasteiger charge is -2.46. The summed E-state index contributed by atoms with van der Waals surface area (Å²) in [6, 6.07) is 8.31. The number of piperidine rings is 1. The highest BCUT2D eigenvalue weighted by Gasteiger charge is 2.47. The molecule has 5 rings (SSSR count). The van der Waals surface area contributed by atoms with E-state index in [1.807, 2.05) is 17.9 Å². The third-order valence-electron chi connectivity index (χ3n) is 6.12. The molecule has 1 saturated heterocycles. The number of benzene rings is 1. The number of carbonyl (C=O) groups is 2. The fourth-order valence-electron chi connectivity index (χ4n) is 4.80. The molecule has 1 aromatic heterocycles. The molecule has 0 radical (unpaired) electrons. The van der Waals surface area contributed by atoms with Crippen LogP contribution in [-0.2, 0) is 20.7 Å². The topological polar surface area (TPSA) is 62.4 Å². The summed E-state index contributed by atoms with van der Waals surface area (Å²) in [5.74, 6) is -0.308. The van der Waals surface area contributed by atoms with E-state index in [4.69, 9.17) is 4.74 Å². The number of hydrogen-bond acceptors (Lipinski definition) is 3. The van der Waals surface area contributed by atoms with Gasteiger partial charge in [0.15, 0.2) is 0 Å². The average Bonchev–Trinajstić information content (AvgIpc) is 3.01. The zero-order valence-corrected chi connectivity index (χ0v) is 14.1. The molecule has 2 aromatic rings. The SMILES string of the molecule is C[C@H]1OC=C2C(=O)N3CCc4c([nH]c5ccccc45)[C@@H]3C[C@H]2[C@@H]1C=O. The Kier molecular flexibility index (Phi) is 3.08. The van der Waals surface area contributed by atoms with E-state index in [9.17, 15) is 9.59 Å². The van der Waals surface area contributed by atoms with E-state index in [0.29, 0.717) is 12.1 Å². The summed E-state index contributed by atoms with van der Waals surface area (Å²) in [6.07, 6.45) is 3.99. The number of rotatable bonds is 1. The Balaban J connectivity index is 1.62. The van der Waals surface area contributed by atoms with E-state index in [2.05, 4.69) is 23.2 Å². The molecule has 4 atom stereocenters. The Morgan fingerprint density at radius 3 is 3.00 bits per heavy atom. The molecule has 1 aromatic carbocycles. The van der Waals surface area contributed by atoms with Gasteiger partial charge in [-0.05, 0) is 31.4 Å².